The van der Waals surface area contributed by atoms with Gasteiger partial charge < -0.3 is 5.32 Å². The molecule has 0 radical (unpaired) electrons. The lowest BCUT2D eigenvalue weighted by atomic mass is 9.92. The van der Waals surface area contributed by atoms with E-state index in [0.29, 0.717) is 6.04 Å². The number of piperazine rings is 1. The van der Waals surface area contributed by atoms with Crippen molar-refractivity contribution in [3.05, 3.63) is 12.2 Å². The Balaban J connectivity index is 2.09. The van der Waals surface area contributed by atoms with E-state index in [0.717, 1.165) is 31.9 Å². The standard InChI is InChI=1S/C14H27N5/c1-5-7-12-8-16-14(3,6-2)10-19(12)9-13-15-11-17-18(13)4/h11-12,16H,5-10H2,1-4H3. The molecule has 0 amide bonds. The highest BCUT2D eigenvalue weighted by Crippen LogP contribution is 2.22. The monoisotopic (exact) mass is 265 g/mol. The smallest absolute Gasteiger partial charge is 0.140 e. The second-order valence-electron chi connectivity index (χ2n) is 5.94. The summed E-state index contributed by atoms with van der Waals surface area (Å²) in [7, 11) is 1.97. The van der Waals surface area contributed by atoms with Crippen LogP contribution in [0, 0.1) is 0 Å². The van der Waals surface area contributed by atoms with Crippen LogP contribution in [0.15, 0.2) is 6.33 Å². The molecule has 1 aromatic rings. The number of hydrogen-bond donors (Lipinski definition) is 1. The fourth-order valence-corrected chi connectivity index (χ4v) is 2.81. The van der Waals surface area contributed by atoms with Crippen molar-refractivity contribution in [3.8, 4) is 0 Å². The van der Waals surface area contributed by atoms with Gasteiger partial charge in [0.1, 0.15) is 12.2 Å². The number of nitrogens with one attached hydrogen (secondary N) is 1. The molecule has 2 rings (SSSR count). The molecule has 1 fully saturated rings. The van der Waals surface area contributed by atoms with Crippen LogP contribution in [0.2, 0.25) is 0 Å². The van der Waals surface area contributed by atoms with Crippen LogP contribution in [0.3, 0.4) is 0 Å². The van der Waals surface area contributed by atoms with E-state index >= 15 is 0 Å². The number of hydrogen-bond acceptors (Lipinski definition) is 4. The van der Waals surface area contributed by atoms with Gasteiger partial charge in [-0.05, 0) is 19.8 Å². The molecule has 1 aromatic heterocycles. The predicted octanol–water partition coefficient (Wildman–Crippen LogP) is 1.56. The quantitative estimate of drug-likeness (QED) is 0.877. The van der Waals surface area contributed by atoms with E-state index in [1.165, 1.54) is 12.8 Å². The normalized spacial score (nSPS) is 28.7. The lowest BCUT2D eigenvalue weighted by molar-refractivity contribution is 0.0693. The Labute approximate surface area is 116 Å². The molecule has 2 unspecified atom stereocenters. The third-order valence-electron chi connectivity index (χ3n) is 4.38. The van der Waals surface area contributed by atoms with Crippen LogP contribution in [-0.4, -0.2) is 44.3 Å². The molecular weight excluding hydrogens is 238 g/mol. The average molecular weight is 265 g/mol. The van der Waals surface area contributed by atoms with Crippen molar-refractivity contribution in [2.45, 2.75) is 58.2 Å². The molecule has 1 saturated heterocycles. The average Bonchev–Trinajstić information content (AvgIpc) is 2.79. The van der Waals surface area contributed by atoms with Gasteiger partial charge in [0.2, 0.25) is 0 Å². The van der Waals surface area contributed by atoms with Crippen LogP contribution < -0.4 is 5.32 Å². The molecule has 0 aromatic carbocycles. The van der Waals surface area contributed by atoms with Crippen LogP contribution in [-0.2, 0) is 13.6 Å². The molecule has 1 N–H and O–H groups in total. The van der Waals surface area contributed by atoms with Gasteiger partial charge in [0.15, 0.2) is 0 Å². The number of rotatable bonds is 5. The van der Waals surface area contributed by atoms with E-state index in [9.17, 15) is 0 Å². The molecule has 0 bridgehead atoms. The van der Waals surface area contributed by atoms with Crippen molar-refractivity contribution in [1.29, 1.82) is 0 Å². The van der Waals surface area contributed by atoms with Gasteiger partial charge in [-0.3, -0.25) is 9.58 Å². The summed E-state index contributed by atoms with van der Waals surface area (Å²) >= 11 is 0. The number of nitrogens with zero attached hydrogens (tertiary/aromatic N) is 4. The van der Waals surface area contributed by atoms with Crippen LogP contribution in [0.1, 0.15) is 45.9 Å². The van der Waals surface area contributed by atoms with Gasteiger partial charge in [-0.25, -0.2) is 4.98 Å². The van der Waals surface area contributed by atoms with Crippen molar-refractivity contribution in [1.82, 2.24) is 25.0 Å². The minimum atomic E-state index is 0.225. The van der Waals surface area contributed by atoms with Crippen LogP contribution in [0.5, 0.6) is 0 Å². The third-order valence-corrected chi connectivity index (χ3v) is 4.38. The second kappa shape index (κ2) is 6.01. The third kappa shape index (κ3) is 3.34. The Bertz CT molecular complexity index is 402. The maximum atomic E-state index is 4.37. The Morgan fingerprint density at radius 1 is 1.47 bits per heavy atom. The van der Waals surface area contributed by atoms with Gasteiger partial charge in [0, 0.05) is 31.7 Å². The molecular formula is C14H27N5. The Kier molecular flexibility index (Phi) is 4.58. The van der Waals surface area contributed by atoms with E-state index in [2.05, 4.69) is 41.1 Å². The van der Waals surface area contributed by atoms with Gasteiger partial charge in [-0.2, -0.15) is 5.10 Å². The van der Waals surface area contributed by atoms with Crippen molar-refractivity contribution in [2.24, 2.45) is 7.05 Å². The largest absolute Gasteiger partial charge is 0.309 e. The first kappa shape index (κ1) is 14.5. The van der Waals surface area contributed by atoms with Gasteiger partial charge in [-0.1, -0.05) is 20.3 Å². The van der Waals surface area contributed by atoms with E-state index < -0.39 is 0 Å². The van der Waals surface area contributed by atoms with Crippen molar-refractivity contribution in [3.63, 3.8) is 0 Å². The summed E-state index contributed by atoms with van der Waals surface area (Å²) in [5.41, 5.74) is 0.225. The van der Waals surface area contributed by atoms with Crippen LogP contribution in [0.4, 0.5) is 0 Å². The highest BCUT2D eigenvalue weighted by molar-refractivity contribution is 4.96. The van der Waals surface area contributed by atoms with Gasteiger partial charge in [0.05, 0.1) is 6.54 Å². The summed E-state index contributed by atoms with van der Waals surface area (Å²) in [5.74, 6) is 1.06. The molecule has 0 aliphatic carbocycles. The van der Waals surface area contributed by atoms with Crippen LogP contribution in [0.25, 0.3) is 0 Å². The highest BCUT2D eigenvalue weighted by atomic mass is 15.3. The van der Waals surface area contributed by atoms with E-state index in [1.807, 2.05) is 11.7 Å². The fraction of sp³-hybridized carbons (Fsp3) is 0.857. The summed E-state index contributed by atoms with van der Waals surface area (Å²) in [4.78, 5) is 6.94. The summed E-state index contributed by atoms with van der Waals surface area (Å²) in [6.45, 7) is 9.90. The first-order chi connectivity index (χ1) is 9.08. The maximum Gasteiger partial charge on any atom is 0.140 e. The zero-order valence-electron chi connectivity index (χ0n) is 12.7. The first-order valence-electron chi connectivity index (χ1n) is 7.40. The Morgan fingerprint density at radius 3 is 2.84 bits per heavy atom. The molecule has 0 spiro atoms. The molecule has 5 heteroatoms. The summed E-state index contributed by atoms with van der Waals surface area (Å²) < 4.78 is 1.88. The lowest BCUT2D eigenvalue weighted by Crippen LogP contribution is -2.62. The first-order valence-corrected chi connectivity index (χ1v) is 7.40. The summed E-state index contributed by atoms with van der Waals surface area (Å²) in [5, 5.41) is 7.89. The van der Waals surface area contributed by atoms with Crippen molar-refractivity contribution < 1.29 is 0 Å². The second-order valence-corrected chi connectivity index (χ2v) is 5.94. The minimum absolute atomic E-state index is 0.225. The Hall–Kier alpha value is -0.940. The topological polar surface area (TPSA) is 46.0 Å². The molecule has 0 saturated carbocycles. The molecule has 2 atom stereocenters. The summed E-state index contributed by atoms with van der Waals surface area (Å²) in [6, 6.07) is 0.612. The zero-order valence-corrected chi connectivity index (χ0v) is 12.7. The van der Waals surface area contributed by atoms with Gasteiger partial charge in [0.25, 0.3) is 0 Å². The van der Waals surface area contributed by atoms with Gasteiger partial charge in [-0.15, -0.1) is 0 Å². The van der Waals surface area contributed by atoms with Crippen LogP contribution >= 0.6 is 0 Å². The molecule has 1 aliphatic heterocycles. The predicted molar refractivity (Wildman–Crippen MR) is 76.8 cm³/mol. The SMILES string of the molecule is CCCC1CNC(C)(CC)CN1Cc1ncnn1C. The van der Waals surface area contributed by atoms with E-state index in [4.69, 9.17) is 0 Å². The minimum Gasteiger partial charge on any atom is -0.309 e. The van der Waals surface area contributed by atoms with Crippen molar-refractivity contribution >= 4 is 0 Å². The van der Waals surface area contributed by atoms with E-state index in [-0.39, 0.29) is 5.54 Å². The molecule has 2 heterocycles. The summed E-state index contributed by atoms with van der Waals surface area (Å²) in [6.07, 6.45) is 5.27. The fourth-order valence-electron chi connectivity index (χ4n) is 2.81. The molecule has 108 valence electrons. The Morgan fingerprint density at radius 2 is 2.26 bits per heavy atom. The molecule has 19 heavy (non-hydrogen) atoms. The number of aromatic nitrogens is 3. The van der Waals surface area contributed by atoms with Gasteiger partial charge >= 0.3 is 0 Å². The zero-order chi connectivity index (χ0) is 13.9. The lowest BCUT2D eigenvalue weighted by Gasteiger charge is -2.46. The maximum absolute atomic E-state index is 4.37. The van der Waals surface area contributed by atoms with E-state index in [1.54, 1.807) is 6.33 Å². The molecule has 5 nitrogen and oxygen atoms in total. The number of aryl methyl sites for hydroxylation is 1. The highest BCUT2D eigenvalue weighted by Gasteiger charge is 2.34. The van der Waals surface area contributed by atoms with Crippen molar-refractivity contribution in [2.75, 3.05) is 13.1 Å². The molecule has 1 aliphatic rings.